The maximum Gasteiger partial charge on any atom is 0.251 e. The van der Waals surface area contributed by atoms with Crippen molar-refractivity contribution >= 4 is 5.91 Å². The average Bonchev–Trinajstić information content (AvgIpc) is 2.47. The third kappa shape index (κ3) is 3.35. The summed E-state index contributed by atoms with van der Waals surface area (Å²) in [5.74, 6) is 0.481. The van der Waals surface area contributed by atoms with Crippen molar-refractivity contribution < 1.29 is 9.53 Å². The van der Waals surface area contributed by atoms with Gasteiger partial charge in [-0.05, 0) is 31.5 Å². The van der Waals surface area contributed by atoms with Gasteiger partial charge in [-0.3, -0.25) is 4.79 Å². The van der Waals surface area contributed by atoms with Crippen molar-refractivity contribution in [3.63, 3.8) is 0 Å². The first-order chi connectivity index (χ1) is 9.72. The molecule has 1 amide bonds. The number of carbonyl (C=O) groups is 1. The Hall–Kier alpha value is -2.36. The molecule has 1 heterocycles. The lowest BCUT2D eigenvalue weighted by molar-refractivity contribution is 0.0950. The molecular formula is C16H18N2O2. The van der Waals surface area contributed by atoms with Gasteiger partial charge in [-0.2, -0.15) is 0 Å². The fourth-order valence-electron chi connectivity index (χ4n) is 1.92. The smallest absolute Gasteiger partial charge is 0.251 e. The number of hydrogen-bond acceptors (Lipinski definition) is 3. The second-order valence-electron chi connectivity index (χ2n) is 4.40. The molecule has 0 atom stereocenters. The Morgan fingerprint density at radius 2 is 2.05 bits per heavy atom. The summed E-state index contributed by atoms with van der Waals surface area (Å²) in [7, 11) is 0. The van der Waals surface area contributed by atoms with Gasteiger partial charge >= 0.3 is 0 Å². The number of aromatic nitrogens is 1. The molecule has 0 fully saturated rings. The highest BCUT2D eigenvalue weighted by Crippen LogP contribution is 2.14. The predicted molar refractivity (Wildman–Crippen MR) is 77.8 cm³/mol. The second kappa shape index (κ2) is 6.70. The Morgan fingerprint density at radius 1 is 1.25 bits per heavy atom. The van der Waals surface area contributed by atoms with E-state index in [1.54, 1.807) is 6.20 Å². The summed E-state index contributed by atoms with van der Waals surface area (Å²) in [5, 5.41) is 2.90. The predicted octanol–water partition coefficient (Wildman–Crippen LogP) is 2.72. The molecule has 20 heavy (non-hydrogen) atoms. The Bertz CT molecular complexity index is 597. The molecule has 0 aliphatic rings. The zero-order chi connectivity index (χ0) is 14.4. The molecular weight excluding hydrogens is 252 g/mol. The minimum atomic E-state index is -0.0885. The summed E-state index contributed by atoms with van der Waals surface area (Å²) in [6.07, 6.45) is 1.68. The molecule has 104 valence electrons. The lowest BCUT2D eigenvalue weighted by atomic mass is 10.1. The highest BCUT2D eigenvalue weighted by Gasteiger charge is 2.10. The van der Waals surface area contributed by atoms with Crippen molar-refractivity contribution in [2.45, 2.75) is 20.4 Å². The van der Waals surface area contributed by atoms with Gasteiger partial charge in [-0.15, -0.1) is 0 Å². The van der Waals surface area contributed by atoms with Gasteiger partial charge in [0.25, 0.3) is 5.91 Å². The van der Waals surface area contributed by atoms with Gasteiger partial charge in [0, 0.05) is 23.9 Å². The Morgan fingerprint density at radius 3 is 2.80 bits per heavy atom. The SMILES string of the molecule is CCOc1ncccc1CNC(=O)c1ccccc1C. The number of nitrogens with zero attached hydrogens (tertiary/aromatic N) is 1. The third-order valence-corrected chi connectivity index (χ3v) is 2.96. The van der Waals surface area contributed by atoms with Crippen molar-refractivity contribution in [2.24, 2.45) is 0 Å². The standard InChI is InChI=1S/C16H18N2O2/c1-3-20-16-13(8-6-10-17-16)11-18-15(19)14-9-5-4-7-12(14)2/h4-10H,3,11H2,1-2H3,(H,18,19). The lowest BCUT2D eigenvalue weighted by Gasteiger charge is -2.10. The van der Waals surface area contributed by atoms with Crippen molar-refractivity contribution in [3.8, 4) is 5.88 Å². The van der Waals surface area contributed by atoms with E-state index in [1.165, 1.54) is 0 Å². The molecule has 0 saturated heterocycles. The summed E-state index contributed by atoms with van der Waals surface area (Å²) in [6.45, 7) is 4.78. The molecule has 2 aromatic rings. The second-order valence-corrected chi connectivity index (χ2v) is 4.40. The van der Waals surface area contributed by atoms with Crippen LogP contribution in [0.2, 0.25) is 0 Å². The minimum absolute atomic E-state index is 0.0885. The van der Waals surface area contributed by atoms with E-state index in [0.29, 0.717) is 24.6 Å². The number of ether oxygens (including phenoxy) is 1. The molecule has 1 aromatic carbocycles. The summed E-state index contributed by atoms with van der Waals surface area (Å²) < 4.78 is 5.44. The topological polar surface area (TPSA) is 51.2 Å². The Balaban J connectivity index is 2.06. The first-order valence-electron chi connectivity index (χ1n) is 6.63. The number of nitrogens with one attached hydrogen (secondary N) is 1. The van der Waals surface area contributed by atoms with E-state index in [0.717, 1.165) is 11.1 Å². The van der Waals surface area contributed by atoms with Gasteiger partial charge < -0.3 is 10.1 Å². The largest absolute Gasteiger partial charge is 0.478 e. The summed E-state index contributed by atoms with van der Waals surface area (Å²) in [4.78, 5) is 16.3. The van der Waals surface area contributed by atoms with Crippen LogP contribution in [0.4, 0.5) is 0 Å². The average molecular weight is 270 g/mol. The Kier molecular flexibility index (Phi) is 4.71. The molecule has 0 saturated carbocycles. The van der Waals surface area contributed by atoms with E-state index in [1.807, 2.05) is 50.2 Å². The van der Waals surface area contributed by atoms with Crippen LogP contribution in [-0.2, 0) is 6.54 Å². The number of hydrogen-bond donors (Lipinski definition) is 1. The first-order valence-corrected chi connectivity index (χ1v) is 6.63. The molecule has 2 rings (SSSR count). The summed E-state index contributed by atoms with van der Waals surface area (Å²) >= 11 is 0. The highest BCUT2D eigenvalue weighted by molar-refractivity contribution is 5.95. The zero-order valence-corrected chi connectivity index (χ0v) is 11.7. The van der Waals surface area contributed by atoms with E-state index in [4.69, 9.17) is 4.74 Å². The monoisotopic (exact) mass is 270 g/mol. The van der Waals surface area contributed by atoms with E-state index in [9.17, 15) is 4.79 Å². The van der Waals surface area contributed by atoms with Crippen LogP contribution in [0.15, 0.2) is 42.6 Å². The number of amides is 1. The molecule has 1 N–H and O–H groups in total. The van der Waals surface area contributed by atoms with Crippen LogP contribution in [0.5, 0.6) is 5.88 Å². The molecule has 0 aliphatic carbocycles. The third-order valence-electron chi connectivity index (χ3n) is 2.96. The number of pyridine rings is 1. The number of carbonyl (C=O) groups excluding carboxylic acids is 1. The molecule has 1 aromatic heterocycles. The quantitative estimate of drug-likeness (QED) is 0.908. The van der Waals surface area contributed by atoms with Gasteiger partial charge in [0.05, 0.1) is 6.61 Å². The number of benzene rings is 1. The van der Waals surface area contributed by atoms with Crippen LogP contribution in [0.1, 0.15) is 28.4 Å². The van der Waals surface area contributed by atoms with Crippen LogP contribution in [-0.4, -0.2) is 17.5 Å². The maximum atomic E-state index is 12.1. The molecule has 0 bridgehead atoms. The van der Waals surface area contributed by atoms with Crippen LogP contribution in [0.3, 0.4) is 0 Å². The lowest BCUT2D eigenvalue weighted by Crippen LogP contribution is -2.24. The summed E-state index contributed by atoms with van der Waals surface area (Å²) in [6, 6.07) is 11.2. The van der Waals surface area contributed by atoms with Gasteiger partial charge in [-0.1, -0.05) is 24.3 Å². The van der Waals surface area contributed by atoms with Crippen LogP contribution in [0, 0.1) is 6.92 Å². The van der Waals surface area contributed by atoms with Crippen molar-refractivity contribution in [1.82, 2.24) is 10.3 Å². The van der Waals surface area contributed by atoms with E-state index < -0.39 is 0 Å². The fourth-order valence-corrected chi connectivity index (χ4v) is 1.92. The zero-order valence-electron chi connectivity index (χ0n) is 11.7. The molecule has 0 spiro atoms. The molecule has 0 aliphatic heterocycles. The van der Waals surface area contributed by atoms with Gasteiger partial charge in [0.2, 0.25) is 5.88 Å². The van der Waals surface area contributed by atoms with Crippen molar-refractivity contribution in [2.75, 3.05) is 6.61 Å². The first kappa shape index (κ1) is 14.1. The van der Waals surface area contributed by atoms with Gasteiger partial charge in [-0.25, -0.2) is 4.98 Å². The molecule has 0 unspecified atom stereocenters. The van der Waals surface area contributed by atoms with E-state index >= 15 is 0 Å². The van der Waals surface area contributed by atoms with E-state index in [-0.39, 0.29) is 5.91 Å². The minimum Gasteiger partial charge on any atom is -0.478 e. The molecule has 0 radical (unpaired) electrons. The molecule has 4 heteroatoms. The normalized spacial score (nSPS) is 10.1. The highest BCUT2D eigenvalue weighted by atomic mass is 16.5. The van der Waals surface area contributed by atoms with Crippen LogP contribution >= 0.6 is 0 Å². The van der Waals surface area contributed by atoms with Crippen LogP contribution < -0.4 is 10.1 Å². The Labute approximate surface area is 118 Å². The fraction of sp³-hybridized carbons (Fsp3) is 0.250. The maximum absolute atomic E-state index is 12.1. The van der Waals surface area contributed by atoms with Gasteiger partial charge in [0.1, 0.15) is 0 Å². The van der Waals surface area contributed by atoms with Crippen LogP contribution in [0.25, 0.3) is 0 Å². The van der Waals surface area contributed by atoms with Crippen molar-refractivity contribution in [3.05, 3.63) is 59.3 Å². The van der Waals surface area contributed by atoms with Crippen molar-refractivity contribution in [1.29, 1.82) is 0 Å². The number of aryl methyl sites for hydroxylation is 1. The molecule has 4 nitrogen and oxygen atoms in total. The van der Waals surface area contributed by atoms with Gasteiger partial charge in [0.15, 0.2) is 0 Å². The summed E-state index contributed by atoms with van der Waals surface area (Å²) in [5.41, 5.74) is 2.52. The van der Waals surface area contributed by atoms with E-state index in [2.05, 4.69) is 10.3 Å². The number of rotatable bonds is 5.